The number of anilines is 1. The average molecular weight is 420 g/mol. The topological polar surface area (TPSA) is 79.2 Å². The molecule has 0 bridgehead atoms. The summed E-state index contributed by atoms with van der Waals surface area (Å²) < 4.78 is 1.81. The number of hydrogen-bond donors (Lipinski definition) is 1. The number of rotatable bonds is 6. The van der Waals surface area contributed by atoms with Gasteiger partial charge in [-0.1, -0.05) is 29.8 Å². The van der Waals surface area contributed by atoms with Gasteiger partial charge in [0.2, 0.25) is 11.9 Å². The Morgan fingerprint density at radius 3 is 2.71 bits per heavy atom. The fraction of sp³-hybridized carbons (Fsp3) is 0.391. The maximum Gasteiger partial charge on any atom is 0.237 e. The molecule has 0 saturated carbocycles. The molecule has 8 heteroatoms. The van der Waals surface area contributed by atoms with Crippen LogP contribution in [-0.4, -0.2) is 63.0 Å². The smallest absolute Gasteiger partial charge is 0.237 e. The molecule has 8 nitrogen and oxygen atoms in total. The number of benzene rings is 1. The first-order chi connectivity index (χ1) is 15.0. The van der Waals surface area contributed by atoms with E-state index in [9.17, 15) is 4.79 Å². The normalized spacial score (nSPS) is 17.0. The molecule has 3 aromatic rings. The van der Waals surface area contributed by atoms with Gasteiger partial charge in [-0.15, -0.1) is 0 Å². The summed E-state index contributed by atoms with van der Waals surface area (Å²) in [6, 6.07) is 10.4. The number of imidazole rings is 1. The molecule has 0 aliphatic carbocycles. The van der Waals surface area contributed by atoms with Crippen LogP contribution in [0.5, 0.6) is 0 Å². The van der Waals surface area contributed by atoms with E-state index in [1.54, 1.807) is 12.5 Å². The number of nitrogens with zero attached hydrogens (tertiary/aromatic N) is 6. The summed E-state index contributed by atoms with van der Waals surface area (Å²) in [6.07, 6.45) is 5.71. The van der Waals surface area contributed by atoms with Crippen LogP contribution in [0.4, 0.5) is 5.82 Å². The number of aryl methyl sites for hydroxylation is 2. The third-order valence-corrected chi connectivity index (χ3v) is 5.70. The number of likely N-dealkylation sites (N-methyl/N-ethyl adjacent to an activating group) is 1. The second kappa shape index (κ2) is 9.26. The highest BCUT2D eigenvalue weighted by Crippen LogP contribution is 2.20. The molecule has 1 fully saturated rings. The lowest BCUT2D eigenvalue weighted by Gasteiger charge is -2.40. The zero-order valence-electron chi connectivity index (χ0n) is 18.3. The van der Waals surface area contributed by atoms with Crippen molar-refractivity contribution in [2.45, 2.75) is 32.9 Å². The molecule has 1 unspecified atom stereocenters. The number of aromatic nitrogens is 4. The van der Waals surface area contributed by atoms with Crippen LogP contribution in [0.3, 0.4) is 0 Å². The Kier molecular flexibility index (Phi) is 6.27. The van der Waals surface area contributed by atoms with Crippen LogP contribution < -0.4 is 10.2 Å². The van der Waals surface area contributed by atoms with Crippen LogP contribution >= 0.6 is 0 Å². The molecule has 4 rings (SSSR count). The number of nitrogens with one attached hydrogen (secondary N) is 1. The maximum absolute atomic E-state index is 12.6. The summed E-state index contributed by atoms with van der Waals surface area (Å²) in [5.74, 6) is 1.56. The SMILES string of the molecule is Cc1ccc(CNC(=O)CC2CN(c3cc(C)nc(-n4ccnc4)n3)CCN2C)cc1. The summed E-state index contributed by atoms with van der Waals surface area (Å²) in [6.45, 7) is 7.06. The third kappa shape index (κ3) is 5.27. The summed E-state index contributed by atoms with van der Waals surface area (Å²) in [7, 11) is 2.08. The van der Waals surface area contributed by atoms with Crippen LogP contribution in [0.25, 0.3) is 5.95 Å². The highest BCUT2D eigenvalue weighted by atomic mass is 16.1. The Labute approximate surface area is 182 Å². The van der Waals surface area contributed by atoms with Gasteiger partial charge >= 0.3 is 0 Å². The number of amides is 1. The molecular formula is C23H29N7O. The van der Waals surface area contributed by atoms with Crippen molar-refractivity contribution < 1.29 is 4.79 Å². The zero-order chi connectivity index (χ0) is 21.8. The largest absolute Gasteiger partial charge is 0.354 e. The molecule has 31 heavy (non-hydrogen) atoms. The van der Waals surface area contributed by atoms with Crippen molar-refractivity contribution >= 4 is 11.7 Å². The highest BCUT2D eigenvalue weighted by molar-refractivity contribution is 5.76. The molecular weight excluding hydrogens is 390 g/mol. The van der Waals surface area contributed by atoms with E-state index in [1.807, 2.05) is 23.8 Å². The Balaban J connectivity index is 1.40. The van der Waals surface area contributed by atoms with E-state index >= 15 is 0 Å². The molecule has 1 aliphatic rings. The molecule has 1 saturated heterocycles. The molecule has 2 aromatic heterocycles. The van der Waals surface area contributed by atoms with Crippen LogP contribution in [0.1, 0.15) is 23.2 Å². The summed E-state index contributed by atoms with van der Waals surface area (Å²) in [5.41, 5.74) is 3.23. The Hall–Kier alpha value is -3.26. The Morgan fingerprint density at radius 2 is 1.97 bits per heavy atom. The van der Waals surface area contributed by atoms with Gasteiger partial charge in [0.15, 0.2) is 0 Å². The van der Waals surface area contributed by atoms with E-state index in [1.165, 1.54) is 5.56 Å². The van der Waals surface area contributed by atoms with Crippen molar-refractivity contribution in [3.63, 3.8) is 0 Å². The molecule has 162 valence electrons. The fourth-order valence-corrected chi connectivity index (χ4v) is 3.76. The highest BCUT2D eigenvalue weighted by Gasteiger charge is 2.27. The minimum atomic E-state index is 0.0669. The molecule has 1 amide bonds. The molecule has 1 N–H and O–H groups in total. The molecule has 1 atom stereocenters. The van der Waals surface area contributed by atoms with Crippen molar-refractivity contribution in [3.05, 3.63) is 65.9 Å². The fourth-order valence-electron chi connectivity index (χ4n) is 3.76. The minimum Gasteiger partial charge on any atom is -0.354 e. The molecule has 1 aromatic carbocycles. The van der Waals surface area contributed by atoms with Crippen LogP contribution in [0, 0.1) is 13.8 Å². The lowest BCUT2D eigenvalue weighted by molar-refractivity contribution is -0.122. The average Bonchev–Trinajstić information content (AvgIpc) is 3.29. The van der Waals surface area contributed by atoms with Crippen LogP contribution in [0.15, 0.2) is 49.1 Å². The zero-order valence-corrected chi connectivity index (χ0v) is 18.3. The number of piperazine rings is 1. The van der Waals surface area contributed by atoms with E-state index in [0.29, 0.717) is 18.9 Å². The standard InChI is InChI=1S/C23H29N7O/c1-17-4-6-19(7-5-17)14-25-22(31)13-20-15-29(11-10-28(20)3)21-12-18(2)26-23(27-21)30-9-8-24-16-30/h4-9,12,16,20H,10-11,13-15H2,1-3H3,(H,25,31). The number of carbonyl (C=O) groups is 1. The van der Waals surface area contributed by atoms with E-state index in [0.717, 1.165) is 36.7 Å². The summed E-state index contributed by atoms with van der Waals surface area (Å²) in [5, 5.41) is 3.06. The van der Waals surface area contributed by atoms with Crippen LogP contribution in [0.2, 0.25) is 0 Å². The van der Waals surface area contributed by atoms with E-state index < -0.39 is 0 Å². The van der Waals surface area contributed by atoms with Crippen molar-refractivity contribution in [2.24, 2.45) is 0 Å². The van der Waals surface area contributed by atoms with Crippen molar-refractivity contribution in [2.75, 3.05) is 31.6 Å². The van der Waals surface area contributed by atoms with Gasteiger partial charge in [-0.3, -0.25) is 14.3 Å². The lowest BCUT2D eigenvalue weighted by Crippen LogP contribution is -2.53. The lowest BCUT2D eigenvalue weighted by atomic mass is 10.1. The van der Waals surface area contributed by atoms with Gasteiger partial charge in [0.05, 0.1) is 0 Å². The maximum atomic E-state index is 12.6. The monoisotopic (exact) mass is 419 g/mol. The second-order valence-corrected chi connectivity index (χ2v) is 8.18. The number of hydrogen-bond acceptors (Lipinski definition) is 6. The van der Waals surface area contributed by atoms with Gasteiger partial charge in [-0.2, -0.15) is 4.98 Å². The molecule has 0 spiro atoms. The Morgan fingerprint density at radius 1 is 1.16 bits per heavy atom. The summed E-state index contributed by atoms with van der Waals surface area (Å²) >= 11 is 0. The van der Waals surface area contributed by atoms with Crippen molar-refractivity contribution in [1.29, 1.82) is 0 Å². The van der Waals surface area contributed by atoms with Crippen molar-refractivity contribution in [3.8, 4) is 5.95 Å². The third-order valence-electron chi connectivity index (χ3n) is 5.70. The molecule has 1 aliphatic heterocycles. The second-order valence-electron chi connectivity index (χ2n) is 8.18. The van der Waals surface area contributed by atoms with E-state index in [2.05, 4.69) is 63.3 Å². The van der Waals surface area contributed by atoms with Gasteiger partial charge in [-0.05, 0) is 26.5 Å². The van der Waals surface area contributed by atoms with Crippen molar-refractivity contribution in [1.82, 2.24) is 29.7 Å². The molecule has 3 heterocycles. The molecule has 0 radical (unpaired) electrons. The van der Waals surface area contributed by atoms with Gasteiger partial charge < -0.3 is 10.2 Å². The Bertz CT molecular complexity index is 1020. The minimum absolute atomic E-state index is 0.0669. The van der Waals surface area contributed by atoms with E-state index in [4.69, 9.17) is 4.98 Å². The van der Waals surface area contributed by atoms with Gasteiger partial charge in [-0.25, -0.2) is 9.97 Å². The first kappa shape index (κ1) is 21.0. The van der Waals surface area contributed by atoms with Gasteiger partial charge in [0.25, 0.3) is 0 Å². The van der Waals surface area contributed by atoms with Gasteiger partial charge in [0, 0.05) is 62.8 Å². The van der Waals surface area contributed by atoms with Crippen LogP contribution in [-0.2, 0) is 11.3 Å². The predicted octanol–water partition coefficient (Wildman–Crippen LogP) is 2.11. The first-order valence-electron chi connectivity index (χ1n) is 10.6. The quantitative estimate of drug-likeness (QED) is 0.659. The van der Waals surface area contributed by atoms with Gasteiger partial charge in [0.1, 0.15) is 12.1 Å². The van der Waals surface area contributed by atoms with E-state index in [-0.39, 0.29) is 11.9 Å². The predicted molar refractivity (Wildman–Crippen MR) is 120 cm³/mol. The number of carbonyl (C=O) groups excluding carboxylic acids is 1. The summed E-state index contributed by atoms with van der Waals surface area (Å²) in [4.78, 5) is 30.5. The first-order valence-corrected chi connectivity index (χ1v) is 10.6.